The number of hydrogen-bond donors (Lipinski definition) is 1. The zero-order valence-corrected chi connectivity index (χ0v) is 9.01. The van der Waals surface area contributed by atoms with Crippen LogP contribution in [-0.4, -0.2) is 20.3 Å². The number of nitrogens with zero attached hydrogens (tertiary/aromatic N) is 2. The zero-order chi connectivity index (χ0) is 11.4. The van der Waals surface area contributed by atoms with E-state index in [-0.39, 0.29) is 17.8 Å². The lowest BCUT2D eigenvalue weighted by Gasteiger charge is -2.08. The van der Waals surface area contributed by atoms with Gasteiger partial charge in [-0.25, -0.2) is 4.79 Å². The van der Waals surface area contributed by atoms with Crippen LogP contribution in [0.1, 0.15) is 20.3 Å². The van der Waals surface area contributed by atoms with E-state index in [1.807, 2.05) is 6.92 Å². The van der Waals surface area contributed by atoms with Crippen molar-refractivity contribution in [3.63, 3.8) is 0 Å². The summed E-state index contributed by atoms with van der Waals surface area (Å²) < 4.78 is 2.61. The molecule has 0 radical (unpaired) electrons. The van der Waals surface area contributed by atoms with Gasteiger partial charge < -0.3 is 9.67 Å². The highest BCUT2D eigenvalue weighted by molar-refractivity contribution is 4.86. The molecule has 0 aliphatic carbocycles. The monoisotopic (exact) mass is 212 g/mol. The zero-order valence-electron chi connectivity index (χ0n) is 9.01. The fraction of sp³-hybridized carbons (Fsp3) is 0.600. The van der Waals surface area contributed by atoms with E-state index >= 15 is 0 Å². The molecule has 15 heavy (non-hydrogen) atoms. The Morgan fingerprint density at radius 2 is 2.13 bits per heavy atom. The van der Waals surface area contributed by atoms with Crippen LogP contribution in [0.4, 0.5) is 0 Å². The average Bonchev–Trinajstić information content (AvgIpc) is 2.17. The summed E-state index contributed by atoms with van der Waals surface area (Å²) in [6.07, 6.45) is 1.39. The maximum absolute atomic E-state index is 11.7. The van der Waals surface area contributed by atoms with Gasteiger partial charge in [-0.15, -0.1) is 0 Å². The molecule has 84 valence electrons. The van der Waals surface area contributed by atoms with E-state index < -0.39 is 6.10 Å². The predicted octanol–water partition coefficient (Wildman–Crippen LogP) is -0.199. The second-order valence-corrected chi connectivity index (χ2v) is 3.51. The number of hydrogen-bond acceptors (Lipinski definition) is 3. The Labute approximate surface area is 87.6 Å². The molecule has 0 aliphatic heterocycles. The Kier molecular flexibility index (Phi) is 3.85. The average molecular weight is 212 g/mol. The highest BCUT2D eigenvalue weighted by Gasteiger charge is 2.05. The van der Waals surface area contributed by atoms with Gasteiger partial charge in [0, 0.05) is 25.4 Å². The topological polar surface area (TPSA) is 64.2 Å². The van der Waals surface area contributed by atoms with Gasteiger partial charge >= 0.3 is 5.69 Å². The largest absolute Gasteiger partial charge is 0.393 e. The Balaban J connectivity index is 3.05. The second-order valence-electron chi connectivity index (χ2n) is 3.51. The van der Waals surface area contributed by atoms with E-state index in [0.717, 1.165) is 4.57 Å². The molecule has 1 aromatic rings. The molecule has 0 saturated heterocycles. The van der Waals surface area contributed by atoms with Crippen LogP contribution >= 0.6 is 0 Å². The minimum absolute atomic E-state index is 0.260. The van der Waals surface area contributed by atoms with Crippen molar-refractivity contribution in [3.8, 4) is 0 Å². The van der Waals surface area contributed by atoms with Crippen LogP contribution in [0, 0.1) is 0 Å². The third-order valence-corrected chi connectivity index (χ3v) is 2.25. The first kappa shape index (κ1) is 11.7. The van der Waals surface area contributed by atoms with Crippen molar-refractivity contribution in [3.05, 3.63) is 33.1 Å². The van der Waals surface area contributed by atoms with E-state index in [1.165, 1.54) is 16.8 Å². The molecule has 1 unspecified atom stereocenters. The highest BCUT2D eigenvalue weighted by atomic mass is 16.3. The Hall–Kier alpha value is -1.36. The molecular formula is C10H16N2O3. The molecule has 0 aromatic carbocycles. The summed E-state index contributed by atoms with van der Waals surface area (Å²) in [6, 6.07) is 1.37. The van der Waals surface area contributed by atoms with Crippen molar-refractivity contribution in [1.29, 1.82) is 0 Å². The fourth-order valence-corrected chi connectivity index (χ4v) is 1.32. The third-order valence-electron chi connectivity index (χ3n) is 2.25. The summed E-state index contributed by atoms with van der Waals surface area (Å²) >= 11 is 0. The molecule has 0 aliphatic rings. The van der Waals surface area contributed by atoms with Gasteiger partial charge in [-0.2, -0.15) is 0 Å². The molecular weight excluding hydrogens is 196 g/mol. The molecule has 0 bridgehead atoms. The molecule has 5 heteroatoms. The molecule has 0 amide bonds. The van der Waals surface area contributed by atoms with Crippen LogP contribution in [0.5, 0.6) is 0 Å². The van der Waals surface area contributed by atoms with Gasteiger partial charge in [0.2, 0.25) is 0 Å². The van der Waals surface area contributed by atoms with Gasteiger partial charge in [-0.3, -0.25) is 9.36 Å². The normalized spacial score (nSPS) is 12.7. The van der Waals surface area contributed by atoms with Gasteiger partial charge in [-0.05, 0) is 20.3 Å². The van der Waals surface area contributed by atoms with Crippen molar-refractivity contribution >= 4 is 0 Å². The fourth-order valence-electron chi connectivity index (χ4n) is 1.32. The number of aromatic nitrogens is 2. The minimum Gasteiger partial charge on any atom is -0.393 e. The minimum atomic E-state index is -0.508. The number of aliphatic hydroxyl groups excluding tert-OH is 1. The molecule has 1 N–H and O–H groups in total. The summed E-state index contributed by atoms with van der Waals surface area (Å²) in [4.78, 5) is 23.1. The van der Waals surface area contributed by atoms with Crippen molar-refractivity contribution in [2.24, 2.45) is 0 Å². The summed E-state index contributed by atoms with van der Waals surface area (Å²) in [5.74, 6) is 0. The van der Waals surface area contributed by atoms with Crippen LogP contribution < -0.4 is 11.2 Å². The van der Waals surface area contributed by atoms with Crippen LogP contribution in [-0.2, 0) is 13.1 Å². The van der Waals surface area contributed by atoms with Crippen LogP contribution in [0.3, 0.4) is 0 Å². The Bertz CT molecular complexity index is 431. The standard InChI is InChI=1S/C10H16N2O3/c1-3-11-6-5-9(14)12(10(11)15)7-4-8(2)13/h5-6,8,13H,3-4,7H2,1-2H3. The van der Waals surface area contributed by atoms with E-state index in [2.05, 4.69) is 0 Å². The summed E-state index contributed by atoms with van der Waals surface area (Å²) in [5, 5.41) is 9.10. The molecule has 1 atom stereocenters. The molecule has 1 rings (SSSR count). The van der Waals surface area contributed by atoms with E-state index in [0.29, 0.717) is 13.0 Å². The van der Waals surface area contributed by atoms with Gasteiger partial charge in [0.15, 0.2) is 0 Å². The first-order chi connectivity index (χ1) is 7.06. The molecule has 1 heterocycles. The van der Waals surface area contributed by atoms with Crippen LogP contribution in [0.15, 0.2) is 21.9 Å². The van der Waals surface area contributed by atoms with E-state index in [9.17, 15) is 9.59 Å². The van der Waals surface area contributed by atoms with Gasteiger partial charge in [0.1, 0.15) is 0 Å². The second kappa shape index (κ2) is 4.93. The number of rotatable bonds is 4. The van der Waals surface area contributed by atoms with Crippen LogP contribution in [0.2, 0.25) is 0 Å². The van der Waals surface area contributed by atoms with Crippen molar-refractivity contribution in [1.82, 2.24) is 9.13 Å². The lowest BCUT2D eigenvalue weighted by molar-refractivity contribution is 0.176. The Morgan fingerprint density at radius 3 is 2.67 bits per heavy atom. The molecule has 1 aromatic heterocycles. The lowest BCUT2D eigenvalue weighted by atomic mass is 10.3. The molecule has 0 spiro atoms. The SMILES string of the molecule is CCn1ccc(=O)n(CCC(C)O)c1=O. The predicted molar refractivity (Wildman–Crippen MR) is 56.9 cm³/mol. The van der Waals surface area contributed by atoms with Crippen LogP contribution in [0.25, 0.3) is 0 Å². The van der Waals surface area contributed by atoms with Crippen molar-refractivity contribution < 1.29 is 5.11 Å². The summed E-state index contributed by atoms with van der Waals surface area (Å²) in [6.45, 7) is 4.27. The number of aryl methyl sites for hydroxylation is 1. The summed E-state index contributed by atoms with van der Waals surface area (Å²) in [7, 11) is 0. The lowest BCUT2D eigenvalue weighted by Crippen LogP contribution is -2.39. The Morgan fingerprint density at radius 1 is 1.47 bits per heavy atom. The molecule has 0 saturated carbocycles. The first-order valence-corrected chi connectivity index (χ1v) is 5.04. The maximum Gasteiger partial charge on any atom is 0.330 e. The molecule has 5 nitrogen and oxygen atoms in total. The summed E-state index contributed by atoms with van der Waals surface area (Å²) in [5.41, 5.74) is -0.629. The molecule has 0 fully saturated rings. The smallest absolute Gasteiger partial charge is 0.330 e. The van der Waals surface area contributed by atoms with Gasteiger partial charge in [0.05, 0.1) is 6.10 Å². The van der Waals surface area contributed by atoms with Gasteiger partial charge in [0.25, 0.3) is 5.56 Å². The first-order valence-electron chi connectivity index (χ1n) is 5.04. The quantitative estimate of drug-likeness (QED) is 0.751. The van der Waals surface area contributed by atoms with E-state index in [4.69, 9.17) is 5.11 Å². The number of aliphatic hydroxyl groups is 1. The third kappa shape index (κ3) is 2.79. The maximum atomic E-state index is 11.7. The van der Waals surface area contributed by atoms with Gasteiger partial charge in [-0.1, -0.05) is 0 Å². The van der Waals surface area contributed by atoms with E-state index in [1.54, 1.807) is 6.92 Å². The highest BCUT2D eigenvalue weighted by Crippen LogP contribution is 1.90. The van der Waals surface area contributed by atoms with Crippen molar-refractivity contribution in [2.45, 2.75) is 39.5 Å². The van der Waals surface area contributed by atoms with Crippen molar-refractivity contribution in [2.75, 3.05) is 0 Å².